The van der Waals surface area contributed by atoms with Crippen LogP contribution in [0.5, 0.6) is 5.75 Å². The topological polar surface area (TPSA) is 111 Å². The number of nitrogens with one attached hydrogen (secondary N) is 2. The van der Waals surface area contributed by atoms with Crippen LogP contribution in [0.25, 0.3) is 0 Å². The number of aromatic nitrogens is 4. The molecule has 0 spiro atoms. The summed E-state index contributed by atoms with van der Waals surface area (Å²) in [5.74, 6) is -0.651. The highest BCUT2D eigenvalue weighted by Crippen LogP contribution is 2.34. The molecular formula is C22H23F3N6O3S. The van der Waals surface area contributed by atoms with Crippen LogP contribution in [0.4, 0.5) is 23.4 Å². The zero-order valence-corrected chi connectivity index (χ0v) is 19.5. The van der Waals surface area contributed by atoms with Gasteiger partial charge in [0.05, 0.1) is 5.69 Å². The Morgan fingerprint density at radius 3 is 2.54 bits per heavy atom. The number of hydrogen-bond acceptors (Lipinski definition) is 9. The largest absolute Gasteiger partial charge is 0.573 e. The van der Waals surface area contributed by atoms with Crippen molar-refractivity contribution in [3.05, 3.63) is 53.9 Å². The summed E-state index contributed by atoms with van der Waals surface area (Å²) in [6, 6.07) is 9.19. The van der Waals surface area contributed by atoms with Crippen LogP contribution in [0, 0.1) is 0 Å². The van der Waals surface area contributed by atoms with Crippen LogP contribution in [0.15, 0.2) is 42.6 Å². The number of nitrogens with zero attached hydrogens (tertiary/aromatic N) is 4. The molecule has 3 aromatic rings. The molecule has 1 saturated carbocycles. The van der Waals surface area contributed by atoms with Gasteiger partial charge >= 0.3 is 6.36 Å². The number of carbonyl (C=O) groups is 1. The van der Waals surface area contributed by atoms with Gasteiger partial charge in [-0.1, -0.05) is 23.5 Å². The number of benzene rings is 1. The average Bonchev–Trinajstić information content (AvgIpc) is 3.26. The first-order valence-corrected chi connectivity index (χ1v) is 11.7. The minimum atomic E-state index is -4.84. The van der Waals surface area contributed by atoms with Crippen molar-refractivity contribution in [2.45, 2.75) is 50.1 Å². The average molecular weight is 509 g/mol. The van der Waals surface area contributed by atoms with Gasteiger partial charge in [-0.05, 0) is 55.5 Å². The zero-order chi connectivity index (χ0) is 24.8. The van der Waals surface area contributed by atoms with E-state index in [0.29, 0.717) is 11.0 Å². The number of halogens is 3. The zero-order valence-electron chi connectivity index (χ0n) is 18.7. The van der Waals surface area contributed by atoms with Crippen molar-refractivity contribution in [3.63, 3.8) is 0 Å². The van der Waals surface area contributed by atoms with E-state index < -0.39 is 24.1 Å². The summed E-state index contributed by atoms with van der Waals surface area (Å²) in [6.45, 7) is 0. The number of anilines is 2. The number of hydrogen-bond donors (Lipinski definition) is 2. The number of amides is 1. The summed E-state index contributed by atoms with van der Waals surface area (Å²) >= 11 is 1.17. The fourth-order valence-electron chi connectivity index (χ4n) is 4.01. The van der Waals surface area contributed by atoms with Gasteiger partial charge in [0.25, 0.3) is 5.91 Å². The number of ether oxygens (including phenoxy) is 2. The van der Waals surface area contributed by atoms with E-state index in [1.165, 1.54) is 30.6 Å². The first-order chi connectivity index (χ1) is 16.8. The molecule has 13 heteroatoms. The molecule has 0 bridgehead atoms. The molecule has 4 rings (SSSR count). The Morgan fingerprint density at radius 2 is 1.86 bits per heavy atom. The highest BCUT2D eigenvalue weighted by atomic mass is 32.1. The molecule has 1 amide bonds. The maximum Gasteiger partial charge on any atom is 0.573 e. The number of alkyl halides is 3. The fraction of sp³-hybridized carbons (Fsp3) is 0.409. The lowest BCUT2D eigenvalue weighted by molar-refractivity contribution is -0.274. The minimum absolute atomic E-state index is 0.203. The Hall–Kier alpha value is -3.32. The monoisotopic (exact) mass is 508 g/mol. The van der Waals surface area contributed by atoms with Crippen LogP contribution < -0.4 is 15.4 Å². The van der Waals surface area contributed by atoms with Gasteiger partial charge < -0.3 is 14.8 Å². The second-order valence-electron chi connectivity index (χ2n) is 7.98. The van der Waals surface area contributed by atoms with E-state index in [9.17, 15) is 18.0 Å². The quantitative estimate of drug-likeness (QED) is 0.451. The molecule has 1 fully saturated rings. The Balaban J connectivity index is 1.32. The molecule has 186 valence electrons. The molecule has 35 heavy (non-hydrogen) atoms. The van der Waals surface area contributed by atoms with Gasteiger partial charge in [0, 0.05) is 25.3 Å². The first-order valence-electron chi connectivity index (χ1n) is 10.9. The van der Waals surface area contributed by atoms with Gasteiger partial charge in [-0.2, -0.15) is 10.2 Å². The third-order valence-electron chi connectivity index (χ3n) is 5.59. The van der Waals surface area contributed by atoms with Crippen LogP contribution in [0.1, 0.15) is 49.0 Å². The van der Waals surface area contributed by atoms with Crippen molar-refractivity contribution in [3.8, 4) is 5.75 Å². The highest BCUT2D eigenvalue weighted by Gasteiger charge is 2.32. The minimum Gasteiger partial charge on any atom is -0.406 e. The molecule has 0 unspecified atom stereocenters. The van der Waals surface area contributed by atoms with Gasteiger partial charge in [0.2, 0.25) is 10.3 Å². The summed E-state index contributed by atoms with van der Waals surface area (Å²) in [5, 5.41) is 23.0. The lowest BCUT2D eigenvalue weighted by Crippen LogP contribution is -2.25. The van der Waals surface area contributed by atoms with E-state index in [0.717, 1.165) is 43.5 Å². The maximum absolute atomic E-state index is 12.7. The van der Waals surface area contributed by atoms with Crippen molar-refractivity contribution < 1.29 is 27.4 Å². The van der Waals surface area contributed by atoms with Gasteiger partial charge in [0.1, 0.15) is 5.75 Å². The van der Waals surface area contributed by atoms with Crippen LogP contribution in [-0.2, 0) is 9.53 Å². The van der Waals surface area contributed by atoms with E-state index in [1.54, 1.807) is 6.20 Å². The summed E-state index contributed by atoms with van der Waals surface area (Å²) in [5.41, 5.74) is 1.21. The molecule has 2 heterocycles. The molecule has 1 aliphatic rings. The number of rotatable bonds is 8. The molecule has 2 N–H and O–H groups in total. The van der Waals surface area contributed by atoms with E-state index in [-0.39, 0.29) is 16.7 Å². The maximum atomic E-state index is 12.7. The number of methoxy groups -OCH3 is 1. The van der Waals surface area contributed by atoms with Gasteiger partial charge in [0.15, 0.2) is 6.10 Å². The van der Waals surface area contributed by atoms with E-state index >= 15 is 0 Å². The van der Waals surface area contributed by atoms with Crippen molar-refractivity contribution in [2.75, 3.05) is 17.7 Å². The molecule has 1 aliphatic carbocycles. The second kappa shape index (κ2) is 11.0. The van der Waals surface area contributed by atoms with Crippen LogP contribution >= 0.6 is 11.3 Å². The molecule has 9 nitrogen and oxygen atoms in total. The Labute approximate surface area is 203 Å². The normalized spacial score (nSPS) is 19.1. The van der Waals surface area contributed by atoms with Crippen molar-refractivity contribution in [1.82, 2.24) is 20.4 Å². The van der Waals surface area contributed by atoms with Gasteiger partial charge in [-0.25, -0.2) is 0 Å². The summed E-state index contributed by atoms with van der Waals surface area (Å²) in [6.07, 6.45) is -0.514. The third kappa shape index (κ3) is 6.85. The lowest BCUT2D eigenvalue weighted by Gasteiger charge is -2.28. The predicted octanol–water partition coefficient (Wildman–Crippen LogP) is 4.69. The van der Waals surface area contributed by atoms with E-state index in [4.69, 9.17) is 4.74 Å². The lowest BCUT2D eigenvalue weighted by atomic mass is 9.84. The molecular weight excluding hydrogens is 485 g/mol. The van der Waals surface area contributed by atoms with Crippen molar-refractivity contribution in [1.29, 1.82) is 0 Å². The van der Waals surface area contributed by atoms with Gasteiger partial charge in [-0.3, -0.25) is 10.1 Å². The predicted molar refractivity (Wildman–Crippen MR) is 122 cm³/mol. The fourth-order valence-corrected chi connectivity index (χ4v) is 4.74. The highest BCUT2D eigenvalue weighted by molar-refractivity contribution is 7.19. The van der Waals surface area contributed by atoms with Crippen molar-refractivity contribution in [2.24, 2.45) is 0 Å². The SMILES string of the molecule is CO[C@@H](C(=O)Nc1nnc(N[C@H]2CC[C@@H](c3cccnn3)CC2)s1)c1cccc(OC(F)(F)F)c1. The Kier molecular flexibility index (Phi) is 7.76. The van der Waals surface area contributed by atoms with Crippen molar-refractivity contribution >= 4 is 27.5 Å². The van der Waals surface area contributed by atoms with Gasteiger partial charge in [-0.15, -0.1) is 23.4 Å². The molecule has 1 aromatic carbocycles. The van der Waals surface area contributed by atoms with Crippen LogP contribution in [0.3, 0.4) is 0 Å². The van der Waals surface area contributed by atoms with E-state index in [2.05, 4.69) is 35.8 Å². The second-order valence-corrected chi connectivity index (χ2v) is 8.96. The first kappa shape index (κ1) is 24.8. The molecule has 2 aromatic heterocycles. The standard InChI is InChI=1S/C22H23F3N6O3S/c1-33-18(14-4-2-5-16(12-14)34-22(23,24)25)19(32)28-21-31-30-20(35-21)27-15-9-7-13(8-10-15)17-6-3-11-26-29-17/h2-6,11-13,15,18H,7-10H2,1H3,(H,27,30)(H,28,31,32)/t13-,15+,18-/m1/s1. The van der Waals surface area contributed by atoms with E-state index in [1.807, 2.05) is 12.1 Å². The Bertz CT molecular complexity index is 1120. The Morgan fingerprint density at radius 1 is 1.09 bits per heavy atom. The summed E-state index contributed by atoms with van der Waals surface area (Å²) in [7, 11) is 1.28. The molecule has 0 saturated heterocycles. The molecule has 0 radical (unpaired) electrons. The molecule has 1 atom stereocenters. The van der Waals surface area contributed by atoms with Crippen LogP contribution in [-0.4, -0.2) is 45.8 Å². The number of carbonyl (C=O) groups excluding carboxylic acids is 1. The van der Waals surface area contributed by atoms with Crippen LogP contribution in [0.2, 0.25) is 0 Å². The third-order valence-corrected chi connectivity index (χ3v) is 6.36. The summed E-state index contributed by atoms with van der Waals surface area (Å²) in [4.78, 5) is 12.7. The summed E-state index contributed by atoms with van der Waals surface area (Å²) < 4.78 is 46.7. The smallest absolute Gasteiger partial charge is 0.406 e. The molecule has 0 aliphatic heterocycles.